The Morgan fingerprint density at radius 2 is 1.79 bits per heavy atom. The van der Waals surface area contributed by atoms with E-state index in [-0.39, 0.29) is 12.1 Å². The van der Waals surface area contributed by atoms with Crippen LogP contribution in [-0.4, -0.2) is 4.98 Å². The van der Waals surface area contributed by atoms with Gasteiger partial charge in [0.2, 0.25) is 0 Å². The lowest BCUT2D eigenvalue weighted by atomic mass is 10.2. The van der Waals surface area contributed by atoms with Crippen molar-refractivity contribution < 1.29 is 13.2 Å². The van der Waals surface area contributed by atoms with Crippen molar-refractivity contribution in [3.8, 4) is 0 Å². The maximum absolute atomic E-state index is 13.4. The first-order valence-corrected chi connectivity index (χ1v) is 5.85. The van der Waals surface area contributed by atoms with E-state index in [9.17, 15) is 13.2 Å². The monoisotopic (exact) mass is 286 g/mol. The average Bonchev–Trinajstić information content (AvgIpc) is 2.34. The summed E-state index contributed by atoms with van der Waals surface area (Å²) in [6.07, 6.45) is 0. The largest absolute Gasteiger partial charge is 0.379 e. The molecule has 0 aliphatic heterocycles. The molecule has 1 aromatic carbocycles. The lowest BCUT2D eigenvalue weighted by Crippen LogP contribution is -2.05. The highest BCUT2D eigenvalue weighted by Gasteiger charge is 2.10. The second kappa shape index (κ2) is 5.48. The number of pyridine rings is 1. The van der Waals surface area contributed by atoms with Gasteiger partial charge in [0.05, 0.1) is 11.4 Å². The number of halogens is 4. The molecule has 2 rings (SSSR count). The minimum absolute atomic E-state index is 0.0210. The number of nitrogens with one attached hydrogen (secondary N) is 1. The summed E-state index contributed by atoms with van der Waals surface area (Å²) in [6.45, 7) is 1.75. The highest BCUT2D eigenvalue weighted by atomic mass is 35.5. The molecule has 0 aliphatic rings. The van der Waals surface area contributed by atoms with Gasteiger partial charge in [-0.1, -0.05) is 11.6 Å². The van der Waals surface area contributed by atoms with E-state index in [1.54, 1.807) is 19.1 Å². The molecule has 0 fully saturated rings. The third kappa shape index (κ3) is 3.17. The molecule has 0 unspecified atom stereocenters. The Labute approximate surface area is 113 Å². The molecule has 0 amide bonds. The number of benzene rings is 1. The van der Waals surface area contributed by atoms with Gasteiger partial charge in [-0.3, -0.25) is 0 Å². The molecule has 2 aromatic rings. The smallest absolute Gasteiger partial charge is 0.161 e. The molecule has 0 saturated heterocycles. The SMILES string of the molecule is Cc1nc(Cl)ccc1NCc1cc(F)c(F)cc1F. The number of hydrogen-bond acceptors (Lipinski definition) is 2. The van der Waals surface area contributed by atoms with Crippen molar-refractivity contribution in [3.05, 3.63) is 58.1 Å². The van der Waals surface area contributed by atoms with E-state index in [4.69, 9.17) is 11.6 Å². The summed E-state index contributed by atoms with van der Waals surface area (Å²) in [4.78, 5) is 4.02. The summed E-state index contributed by atoms with van der Waals surface area (Å²) in [5.74, 6) is -3.08. The highest BCUT2D eigenvalue weighted by molar-refractivity contribution is 6.29. The van der Waals surface area contributed by atoms with E-state index in [1.807, 2.05) is 0 Å². The second-order valence-electron chi connectivity index (χ2n) is 3.98. The summed E-state index contributed by atoms with van der Waals surface area (Å²) in [7, 11) is 0. The Bertz CT molecular complexity index is 617. The Hall–Kier alpha value is -1.75. The van der Waals surface area contributed by atoms with Gasteiger partial charge in [-0.15, -0.1) is 0 Å². The fourth-order valence-electron chi connectivity index (χ4n) is 1.61. The standard InChI is InChI=1S/C13H10ClF3N2/c1-7-12(2-3-13(14)19-7)18-6-8-4-10(16)11(17)5-9(8)15/h2-5,18H,6H2,1H3. The molecule has 2 nitrogen and oxygen atoms in total. The number of hydrogen-bond donors (Lipinski definition) is 1. The van der Waals surface area contributed by atoms with Crippen molar-refractivity contribution in [2.45, 2.75) is 13.5 Å². The maximum atomic E-state index is 13.4. The molecule has 6 heteroatoms. The first kappa shape index (κ1) is 13.7. The number of anilines is 1. The zero-order valence-corrected chi connectivity index (χ0v) is 10.7. The van der Waals surface area contributed by atoms with Gasteiger partial charge in [0.1, 0.15) is 11.0 Å². The Morgan fingerprint density at radius 1 is 1.11 bits per heavy atom. The second-order valence-corrected chi connectivity index (χ2v) is 4.37. The van der Waals surface area contributed by atoms with Crippen LogP contribution in [0.1, 0.15) is 11.3 Å². The summed E-state index contributed by atoms with van der Waals surface area (Å²) in [5, 5.41) is 3.24. The van der Waals surface area contributed by atoms with Gasteiger partial charge in [0, 0.05) is 18.2 Å². The van der Waals surface area contributed by atoms with Gasteiger partial charge < -0.3 is 5.32 Å². The summed E-state index contributed by atoms with van der Waals surface area (Å²) >= 11 is 5.71. The zero-order valence-electron chi connectivity index (χ0n) is 9.98. The fourth-order valence-corrected chi connectivity index (χ4v) is 1.80. The van der Waals surface area contributed by atoms with Gasteiger partial charge >= 0.3 is 0 Å². The zero-order chi connectivity index (χ0) is 14.0. The van der Waals surface area contributed by atoms with Crippen LogP contribution in [0.15, 0.2) is 24.3 Å². The topological polar surface area (TPSA) is 24.9 Å². The predicted molar refractivity (Wildman–Crippen MR) is 67.6 cm³/mol. The van der Waals surface area contributed by atoms with Crippen LogP contribution in [0.5, 0.6) is 0 Å². The van der Waals surface area contributed by atoms with E-state index < -0.39 is 17.5 Å². The van der Waals surface area contributed by atoms with Gasteiger partial charge in [-0.25, -0.2) is 18.2 Å². The van der Waals surface area contributed by atoms with Crippen LogP contribution in [-0.2, 0) is 6.54 Å². The molecule has 0 spiro atoms. The van der Waals surface area contributed by atoms with E-state index in [2.05, 4.69) is 10.3 Å². The molecule has 0 atom stereocenters. The fraction of sp³-hybridized carbons (Fsp3) is 0.154. The molecule has 19 heavy (non-hydrogen) atoms. The molecule has 0 radical (unpaired) electrons. The van der Waals surface area contributed by atoms with Gasteiger partial charge in [0.25, 0.3) is 0 Å². The molecular formula is C13H10ClF3N2. The predicted octanol–water partition coefficient (Wildman–Crippen LogP) is 4.07. The first-order chi connectivity index (χ1) is 8.97. The Balaban J connectivity index is 2.16. The van der Waals surface area contributed by atoms with E-state index in [0.29, 0.717) is 22.6 Å². The maximum Gasteiger partial charge on any atom is 0.161 e. The highest BCUT2D eigenvalue weighted by Crippen LogP contribution is 2.19. The third-order valence-corrected chi connectivity index (χ3v) is 2.82. The van der Waals surface area contributed by atoms with Crippen molar-refractivity contribution in [1.82, 2.24) is 4.98 Å². The minimum Gasteiger partial charge on any atom is -0.379 e. The molecule has 1 heterocycles. The normalized spacial score (nSPS) is 10.6. The molecule has 0 bridgehead atoms. The lowest BCUT2D eigenvalue weighted by Gasteiger charge is -2.10. The number of aromatic nitrogens is 1. The van der Waals surface area contributed by atoms with E-state index >= 15 is 0 Å². The Morgan fingerprint density at radius 3 is 2.47 bits per heavy atom. The molecule has 0 aliphatic carbocycles. The summed E-state index contributed by atoms with van der Waals surface area (Å²) in [6, 6.07) is 4.62. The van der Waals surface area contributed by atoms with Gasteiger partial charge in [-0.2, -0.15) is 0 Å². The van der Waals surface area contributed by atoms with Crippen molar-refractivity contribution >= 4 is 17.3 Å². The van der Waals surface area contributed by atoms with Crippen molar-refractivity contribution in [2.24, 2.45) is 0 Å². The van der Waals surface area contributed by atoms with Crippen molar-refractivity contribution in [3.63, 3.8) is 0 Å². The van der Waals surface area contributed by atoms with Crippen LogP contribution >= 0.6 is 11.6 Å². The van der Waals surface area contributed by atoms with Crippen molar-refractivity contribution in [1.29, 1.82) is 0 Å². The van der Waals surface area contributed by atoms with Crippen LogP contribution in [0.25, 0.3) is 0 Å². The number of rotatable bonds is 3. The third-order valence-electron chi connectivity index (χ3n) is 2.61. The van der Waals surface area contributed by atoms with Gasteiger partial charge in [-0.05, 0) is 25.1 Å². The van der Waals surface area contributed by atoms with Crippen LogP contribution in [0.2, 0.25) is 5.15 Å². The van der Waals surface area contributed by atoms with Crippen LogP contribution in [0, 0.1) is 24.4 Å². The quantitative estimate of drug-likeness (QED) is 0.679. The molecule has 100 valence electrons. The molecular weight excluding hydrogens is 277 g/mol. The van der Waals surface area contributed by atoms with Gasteiger partial charge in [0.15, 0.2) is 11.6 Å². The minimum atomic E-state index is -1.20. The van der Waals surface area contributed by atoms with E-state index in [1.165, 1.54) is 0 Å². The van der Waals surface area contributed by atoms with E-state index in [0.717, 1.165) is 6.07 Å². The summed E-state index contributed by atoms with van der Waals surface area (Å²) in [5.41, 5.74) is 1.32. The van der Waals surface area contributed by atoms with Crippen LogP contribution < -0.4 is 5.32 Å². The number of aryl methyl sites for hydroxylation is 1. The molecule has 0 saturated carbocycles. The first-order valence-electron chi connectivity index (χ1n) is 5.48. The molecule has 1 aromatic heterocycles. The Kier molecular flexibility index (Phi) is 3.95. The average molecular weight is 287 g/mol. The van der Waals surface area contributed by atoms with Crippen molar-refractivity contribution in [2.75, 3.05) is 5.32 Å². The summed E-state index contributed by atoms with van der Waals surface area (Å²) < 4.78 is 39.2. The van der Waals surface area contributed by atoms with Crippen LogP contribution in [0.4, 0.5) is 18.9 Å². The molecule has 1 N–H and O–H groups in total. The number of nitrogens with zero attached hydrogens (tertiary/aromatic N) is 1. The lowest BCUT2D eigenvalue weighted by molar-refractivity contribution is 0.490. The van der Waals surface area contributed by atoms with Crippen LogP contribution in [0.3, 0.4) is 0 Å².